The molecule has 1 aromatic rings. The fourth-order valence-electron chi connectivity index (χ4n) is 2.13. The van der Waals surface area contributed by atoms with Gasteiger partial charge in [0.05, 0.1) is 6.54 Å². The predicted molar refractivity (Wildman–Crippen MR) is 65.1 cm³/mol. The second kappa shape index (κ2) is 5.47. The van der Waals surface area contributed by atoms with Gasteiger partial charge in [-0.3, -0.25) is 4.79 Å². The van der Waals surface area contributed by atoms with E-state index in [1.54, 1.807) is 0 Å². The Hall–Kier alpha value is -2.32. The summed E-state index contributed by atoms with van der Waals surface area (Å²) >= 11 is 0. The van der Waals surface area contributed by atoms with Crippen molar-refractivity contribution >= 4 is 11.9 Å². The van der Waals surface area contributed by atoms with Crippen molar-refractivity contribution in [1.29, 1.82) is 0 Å². The van der Waals surface area contributed by atoms with Crippen molar-refractivity contribution in [3.05, 3.63) is 29.8 Å². The number of nitrogens with zero attached hydrogens (tertiary/aromatic N) is 1. The smallest absolute Gasteiger partial charge is 0.479 e. The zero-order chi connectivity index (χ0) is 16.5. The van der Waals surface area contributed by atoms with Crippen LogP contribution in [0.3, 0.4) is 0 Å². The molecule has 1 saturated heterocycles. The summed E-state index contributed by atoms with van der Waals surface area (Å²) in [7, 11) is 0. The molecule has 22 heavy (non-hydrogen) atoms. The first kappa shape index (κ1) is 16.1. The Kier molecular flexibility index (Phi) is 3.99. The molecule has 1 aromatic carbocycles. The van der Waals surface area contributed by atoms with Crippen molar-refractivity contribution in [3.8, 4) is 5.75 Å². The maximum Gasteiger partial charge on any atom is 0.573 e. The van der Waals surface area contributed by atoms with Crippen molar-refractivity contribution in [1.82, 2.24) is 4.90 Å². The van der Waals surface area contributed by atoms with Gasteiger partial charge in [0, 0.05) is 18.5 Å². The average Bonchev–Trinajstić information content (AvgIpc) is 2.80. The minimum atomic E-state index is -4.90. The summed E-state index contributed by atoms with van der Waals surface area (Å²) in [4.78, 5) is 23.8. The van der Waals surface area contributed by atoms with Crippen LogP contribution in [-0.2, 0) is 4.79 Å². The topological polar surface area (TPSA) is 66.8 Å². The highest BCUT2D eigenvalue weighted by molar-refractivity contribution is 5.95. The van der Waals surface area contributed by atoms with Gasteiger partial charge in [0.25, 0.3) is 5.91 Å². The maximum absolute atomic E-state index is 13.9. The number of halogens is 4. The molecular weight excluding hydrogens is 310 g/mol. The lowest BCUT2D eigenvalue weighted by Crippen LogP contribution is -2.38. The van der Waals surface area contributed by atoms with Crippen LogP contribution in [0.4, 0.5) is 17.6 Å². The number of benzene rings is 1. The molecule has 1 heterocycles. The number of carbonyl (C=O) groups excluding carboxylic acids is 1. The Bertz CT molecular complexity index is 604. The molecule has 1 N–H and O–H groups in total. The van der Waals surface area contributed by atoms with Gasteiger partial charge in [0.2, 0.25) is 5.67 Å². The molecule has 0 spiro atoms. The quantitative estimate of drug-likeness (QED) is 0.867. The maximum atomic E-state index is 13.9. The molecular formula is C13H11F4NO4. The minimum absolute atomic E-state index is 0.133. The first-order chi connectivity index (χ1) is 10.1. The third kappa shape index (κ3) is 3.46. The van der Waals surface area contributed by atoms with Crippen LogP contribution in [0.2, 0.25) is 0 Å². The summed E-state index contributed by atoms with van der Waals surface area (Å²) in [6, 6.07) is 4.31. The largest absolute Gasteiger partial charge is 0.573 e. The van der Waals surface area contributed by atoms with Gasteiger partial charge in [-0.2, -0.15) is 0 Å². The summed E-state index contributed by atoms with van der Waals surface area (Å²) in [6.07, 6.45) is -5.26. The van der Waals surface area contributed by atoms with E-state index in [9.17, 15) is 27.2 Å². The Balaban J connectivity index is 2.14. The number of likely N-dealkylation sites (tertiary alicyclic amines) is 1. The summed E-state index contributed by atoms with van der Waals surface area (Å²) in [5, 5.41) is 8.76. The minimum Gasteiger partial charge on any atom is -0.479 e. The van der Waals surface area contributed by atoms with Crippen molar-refractivity contribution in [3.63, 3.8) is 0 Å². The lowest BCUT2D eigenvalue weighted by atomic mass is 10.1. The molecule has 0 aromatic heterocycles. The number of amides is 1. The van der Waals surface area contributed by atoms with Crippen molar-refractivity contribution in [2.75, 3.05) is 13.1 Å². The van der Waals surface area contributed by atoms with Crippen LogP contribution >= 0.6 is 0 Å². The molecule has 5 nitrogen and oxygen atoms in total. The standard InChI is InChI=1S/C13H11F4NO4/c14-12(11(20)21)4-5-18(7-12)10(19)8-2-1-3-9(6-8)22-13(15,16)17/h1-3,6H,4-5,7H2,(H,20,21). The summed E-state index contributed by atoms with van der Waals surface area (Å²) in [6.45, 7) is -0.780. The second-order valence-electron chi connectivity index (χ2n) is 4.82. The predicted octanol–water partition coefficient (Wildman–Crippen LogP) is 2.22. The average molecular weight is 321 g/mol. The number of rotatable bonds is 3. The van der Waals surface area contributed by atoms with E-state index in [0.717, 1.165) is 17.0 Å². The van der Waals surface area contributed by atoms with Crippen LogP contribution < -0.4 is 4.74 Å². The van der Waals surface area contributed by atoms with Crippen LogP contribution in [0.1, 0.15) is 16.8 Å². The van der Waals surface area contributed by atoms with E-state index in [1.165, 1.54) is 12.1 Å². The highest BCUT2D eigenvalue weighted by Gasteiger charge is 2.47. The van der Waals surface area contributed by atoms with Gasteiger partial charge in [0.1, 0.15) is 5.75 Å². The summed E-state index contributed by atoms with van der Waals surface area (Å²) in [5.74, 6) is -3.01. The van der Waals surface area contributed by atoms with Gasteiger partial charge in [0.15, 0.2) is 0 Å². The first-order valence-electron chi connectivity index (χ1n) is 6.18. The Morgan fingerprint density at radius 3 is 2.55 bits per heavy atom. The van der Waals surface area contributed by atoms with E-state index in [4.69, 9.17) is 5.11 Å². The van der Waals surface area contributed by atoms with Crippen LogP contribution in [0, 0.1) is 0 Å². The monoisotopic (exact) mass is 321 g/mol. The number of carboxylic acid groups (broad SMARTS) is 1. The van der Waals surface area contributed by atoms with E-state index < -0.39 is 36.2 Å². The van der Waals surface area contributed by atoms with Gasteiger partial charge >= 0.3 is 12.3 Å². The van der Waals surface area contributed by atoms with Gasteiger partial charge in [-0.1, -0.05) is 6.07 Å². The molecule has 1 amide bonds. The number of carboxylic acids is 1. The third-order valence-corrected chi connectivity index (χ3v) is 3.20. The zero-order valence-corrected chi connectivity index (χ0v) is 11.1. The fraction of sp³-hybridized carbons (Fsp3) is 0.385. The van der Waals surface area contributed by atoms with E-state index in [2.05, 4.69) is 4.74 Å². The molecule has 2 rings (SSSR count). The molecule has 1 atom stereocenters. The van der Waals surface area contributed by atoms with Gasteiger partial charge < -0.3 is 14.7 Å². The molecule has 1 unspecified atom stereocenters. The molecule has 9 heteroatoms. The summed E-state index contributed by atoms with van der Waals surface area (Å²) < 4.78 is 54.0. The van der Waals surface area contributed by atoms with Crippen LogP contribution in [0.5, 0.6) is 5.75 Å². The molecule has 1 fully saturated rings. The second-order valence-corrected chi connectivity index (χ2v) is 4.82. The van der Waals surface area contributed by atoms with Crippen molar-refractivity contribution in [2.24, 2.45) is 0 Å². The number of hydrogen-bond donors (Lipinski definition) is 1. The normalized spacial score (nSPS) is 21.7. The van der Waals surface area contributed by atoms with E-state index in [-0.39, 0.29) is 18.5 Å². The van der Waals surface area contributed by atoms with Gasteiger partial charge in [-0.15, -0.1) is 13.2 Å². The Labute approximate surface area is 122 Å². The van der Waals surface area contributed by atoms with Crippen LogP contribution in [0.25, 0.3) is 0 Å². The first-order valence-corrected chi connectivity index (χ1v) is 6.18. The molecule has 1 aliphatic rings. The number of hydrogen-bond acceptors (Lipinski definition) is 3. The highest BCUT2D eigenvalue weighted by atomic mass is 19.4. The number of aliphatic carboxylic acids is 1. The zero-order valence-electron chi connectivity index (χ0n) is 11.1. The lowest BCUT2D eigenvalue weighted by molar-refractivity contribution is -0.274. The van der Waals surface area contributed by atoms with E-state index in [0.29, 0.717) is 0 Å². The van der Waals surface area contributed by atoms with Crippen molar-refractivity contribution < 1.29 is 37.0 Å². The molecule has 0 radical (unpaired) electrons. The fourth-order valence-corrected chi connectivity index (χ4v) is 2.13. The van der Waals surface area contributed by atoms with Gasteiger partial charge in [-0.05, 0) is 18.2 Å². The molecule has 120 valence electrons. The third-order valence-electron chi connectivity index (χ3n) is 3.20. The van der Waals surface area contributed by atoms with Gasteiger partial charge in [-0.25, -0.2) is 9.18 Å². The molecule has 0 bridgehead atoms. The number of carbonyl (C=O) groups is 2. The number of ether oxygens (including phenoxy) is 1. The molecule has 1 aliphatic heterocycles. The van der Waals surface area contributed by atoms with Crippen LogP contribution in [0.15, 0.2) is 24.3 Å². The molecule has 0 aliphatic carbocycles. The highest BCUT2D eigenvalue weighted by Crippen LogP contribution is 2.28. The van der Waals surface area contributed by atoms with Crippen molar-refractivity contribution in [2.45, 2.75) is 18.5 Å². The lowest BCUT2D eigenvalue weighted by Gasteiger charge is -2.18. The Morgan fingerprint density at radius 1 is 1.32 bits per heavy atom. The summed E-state index contributed by atoms with van der Waals surface area (Å²) in [5.41, 5.74) is -2.67. The van der Waals surface area contributed by atoms with E-state index in [1.807, 2.05) is 0 Å². The Morgan fingerprint density at radius 2 is 2.00 bits per heavy atom. The number of alkyl halides is 4. The van der Waals surface area contributed by atoms with Crippen LogP contribution in [-0.4, -0.2) is 47.0 Å². The van der Waals surface area contributed by atoms with E-state index >= 15 is 0 Å². The SMILES string of the molecule is O=C(c1cccc(OC(F)(F)F)c1)N1CCC(F)(C(=O)O)C1. The molecule has 0 saturated carbocycles.